The van der Waals surface area contributed by atoms with Gasteiger partial charge in [-0.3, -0.25) is 4.79 Å². The normalized spacial score (nSPS) is 17.4. The number of rotatable bonds is 3. The van der Waals surface area contributed by atoms with E-state index < -0.39 is 0 Å². The highest BCUT2D eigenvalue weighted by Crippen LogP contribution is 2.34. The van der Waals surface area contributed by atoms with E-state index in [2.05, 4.69) is 44.3 Å². The lowest BCUT2D eigenvalue weighted by atomic mass is 9.79. The molecule has 0 aliphatic heterocycles. The molecule has 2 nitrogen and oxygen atoms in total. The molecule has 1 aliphatic carbocycles. The highest BCUT2D eigenvalue weighted by atomic mass is 16.1. The summed E-state index contributed by atoms with van der Waals surface area (Å²) < 4.78 is 0. The van der Waals surface area contributed by atoms with Crippen molar-refractivity contribution in [3.63, 3.8) is 0 Å². The van der Waals surface area contributed by atoms with E-state index >= 15 is 0 Å². The summed E-state index contributed by atoms with van der Waals surface area (Å²) in [4.78, 5) is 12.9. The molecular weight excluding hydrogens is 282 g/mol. The van der Waals surface area contributed by atoms with E-state index in [1.165, 1.54) is 11.1 Å². The average Bonchev–Trinajstić information content (AvgIpc) is 2.53. The molecular formula is C21H25NO. The lowest BCUT2D eigenvalue weighted by molar-refractivity contribution is 0.0951. The molecule has 2 aromatic rings. The van der Waals surface area contributed by atoms with Gasteiger partial charge in [0.1, 0.15) is 0 Å². The molecule has 0 amide bonds. The first-order valence-corrected chi connectivity index (χ1v) is 8.44. The fraction of sp³-hybridized carbons (Fsp3) is 0.381. The van der Waals surface area contributed by atoms with Crippen LogP contribution in [0.15, 0.2) is 48.5 Å². The van der Waals surface area contributed by atoms with Gasteiger partial charge < -0.3 is 5.32 Å². The van der Waals surface area contributed by atoms with Crippen LogP contribution in [-0.2, 0) is 6.42 Å². The maximum atomic E-state index is 12.9. The number of nitrogens with one attached hydrogen (secondary N) is 1. The van der Waals surface area contributed by atoms with Crippen LogP contribution in [-0.4, -0.2) is 11.3 Å². The first-order chi connectivity index (χ1) is 10.9. The van der Waals surface area contributed by atoms with Crippen molar-refractivity contribution in [2.45, 2.75) is 51.5 Å². The van der Waals surface area contributed by atoms with Crippen LogP contribution in [0.3, 0.4) is 0 Å². The van der Waals surface area contributed by atoms with Gasteiger partial charge in [-0.15, -0.1) is 0 Å². The number of hydrogen-bond acceptors (Lipinski definition) is 2. The SMILES string of the molecule is CC(C)(C)Nc1ccc(C(=O)C2CCCc3ccccc32)cc1. The minimum atomic E-state index is 0.0152. The largest absolute Gasteiger partial charge is 0.380 e. The van der Waals surface area contributed by atoms with E-state index in [9.17, 15) is 4.79 Å². The third kappa shape index (κ3) is 3.64. The Morgan fingerprint density at radius 1 is 1.04 bits per heavy atom. The maximum Gasteiger partial charge on any atom is 0.170 e. The Kier molecular flexibility index (Phi) is 4.25. The second-order valence-electron chi connectivity index (χ2n) is 7.46. The molecule has 1 unspecified atom stereocenters. The Morgan fingerprint density at radius 2 is 1.74 bits per heavy atom. The second-order valence-corrected chi connectivity index (χ2v) is 7.46. The molecule has 1 aliphatic rings. The van der Waals surface area contributed by atoms with Crippen molar-refractivity contribution in [1.29, 1.82) is 0 Å². The van der Waals surface area contributed by atoms with Gasteiger partial charge in [0.05, 0.1) is 0 Å². The smallest absolute Gasteiger partial charge is 0.170 e. The van der Waals surface area contributed by atoms with E-state index in [1.54, 1.807) is 0 Å². The van der Waals surface area contributed by atoms with Crippen molar-refractivity contribution in [1.82, 2.24) is 0 Å². The van der Waals surface area contributed by atoms with Crippen molar-refractivity contribution in [3.8, 4) is 0 Å². The van der Waals surface area contributed by atoms with E-state index in [1.807, 2.05) is 30.3 Å². The average molecular weight is 307 g/mol. The summed E-state index contributed by atoms with van der Waals surface area (Å²) in [7, 11) is 0. The molecule has 0 spiro atoms. The van der Waals surface area contributed by atoms with E-state index in [0.717, 1.165) is 30.5 Å². The monoisotopic (exact) mass is 307 g/mol. The minimum absolute atomic E-state index is 0.0152. The van der Waals surface area contributed by atoms with Crippen LogP contribution < -0.4 is 5.32 Å². The number of hydrogen-bond donors (Lipinski definition) is 1. The van der Waals surface area contributed by atoms with E-state index in [0.29, 0.717) is 0 Å². The Labute approximate surface area is 138 Å². The second kappa shape index (κ2) is 6.19. The van der Waals surface area contributed by atoms with E-state index in [4.69, 9.17) is 0 Å². The minimum Gasteiger partial charge on any atom is -0.380 e. The molecule has 1 atom stereocenters. The quantitative estimate of drug-likeness (QED) is 0.790. The molecule has 3 rings (SSSR count). The van der Waals surface area contributed by atoms with Crippen LogP contribution in [0.2, 0.25) is 0 Å². The van der Waals surface area contributed by atoms with Crippen LogP contribution in [0.25, 0.3) is 0 Å². The summed E-state index contributed by atoms with van der Waals surface area (Å²) in [6, 6.07) is 16.3. The molecule has 0 fully saturated rings. The summed E-state index contributed by atoms with van der Waals surface area (Å²) in [5.41, 5.74) is 4.45. The summed E-state index contributed by atoms with van der Waals surface area (Å²) >= 11 is 0. The van der Waals surface area contributed by atoms with Crippen molar-refractivity contribution in [3.05, 3.63) is 65.2 Å². The molecule has 1 N–H and O–H groups in total. The van der Waals surface area contributed by atoms with Crippen molar-refractivity contribution < 1.29 is 4.79 Å². The van der Waals surface area contributed by atoms with Gasteiger partial charge in [0.25, 0.3) is 0 Å². The summed E-state index contributed by atoms with van der Waals surface area (Å²) in [6.07, 6.45) is 3.14. The number of ketones is 1. The summed E-state index contributed by atoms with van der Waals surface area (Å²) in [5, 5.41) is 3.43. The van der Waals surface area contributed by atoms with Gasteiger partial charge in [0.2, 0.25) is 0 Å². The van der Waals surface area contributed by atoms with Crippen LogP contribution in [0, 0.1) is 0 Å². The molecule has 2 heteroatoms. The van der Waals surface area contributed by atoms with Crippen molar-refractivity contribution in [2.75, 3.05) is 5.32 Å². The Bertz CT molecular complexity index is 695. The van der Waals surface area contributed by atoms with Gasteiger partial charge in [-0.1, -0.05) is 24.3 Å². The fourth-order valence-electron chi connectivity index (χ4n) is 3.38. The first kappa shape index (κ1) is 15.8. The number of Topliss-reactive ketones (excluding diaryl/α,β-unsaturated/α-hetero) is 1. The van der Waals surface area contributed by atoms with Crippen LogP contribution in [0.5, 0.6) is 0 Å². The molecule has 0 saturated heterocycles. The number of fused-ring (bicyclic) bond motifs is 1. The van der Waals surface area contributed by atoms with Crippen LogP contribution in [0.4, 0.5) is 5.69 Å². The maximum absolute atomic E-state index is 12.9. The molecule has 0 bridgehead atoms. The van der Waals surface area contributed by atoms with Gasteiger partial charge in [0.15, 0.2) is 5.78 Å². The Balaban J connectivity index is 1.82. The fourth-order valence-corrected chi connectivity index (χ4v) is 3.38. The number of aryl methyl sites for hydroxylation is 1. The van der Waals surface area contributed by atoms with Crippen molar-refractivity contribution in [2.24, 2.45) is 0 Å². The zero-order valence-electron chi connectivity index (χ0n) is 14.2. The van der Waals surface area contributed by atoms with Crippen molar-refractivity contribution >= 4 is 11.5 Å². The predicted molar refractivity (Wildman–Crippen MR) is 96.3 cm³/mol. The third-order valence-corrected chi connectivity index (χ3v) is 4.37. The summed E-state index contributed by atoms with van der Waals surface area (Å²) in [5.74, 6) is 0.265. The molecule has 0 aromatic heterocycles. The van der Waals surface area contributed by atoms with Gasteiger partial charge in [-0.05, 0) is 75.4 Å². The number of benzene rings is 2. The molecule has 0 radical (unpaired) electrons. The van der Waals surface area contributed by atoms with Gasteiger partial charge >= 0.3 is 0 Å². The lowest BCUT2D eigenvalue weighted by Gasteiger charge is -2.25. The lowest BCUT2D eigenvalue weighted by Crippen LogP contribution is -2.26. The summed E-state index contributed by atoms with van der Waals surface area (Å²) in [6.45, 7) is 6.39. The zero-order valence-corrected chi connectivity index (χ0v) is 14.2. The zero-order chi connectivity index (χ0) is 16.4. The first-order valence-electron chi connectivity index (χ1n) is 8.44. The molecule has 2 aromatic carbocycles. The Hall–Kier alpha value is -2.09. The highest BCUT2D eigenvalue weighted by Gasteiger charge is 2.26. The number of anilines is 1. The van der Waals surface area contributed by atoms with Crippen LogP contribution in [0.1, 0.15) is 61.0 Å². The third-order valence-electron chi connectivity index (χ3n) is 4.37. The topological polar surface area (TPSA) is 29.1 Å². The van der Waals surface area contributed by atoms with E-state index in [-0.39, 0.29) is 17.2 Å². The van der Waals surface area contributed by atoms with Gasteiger partial charge in [-0.2, -0.15) is 0 Å². The number of carbonyl (C=O) groups excluding carboxylic acids is 1. The predicted octanol–water partition coefficient (Wildman–Crippen LogP) is 5.20. The molecule has 0 saturated carbocycles. The van der Waals surface area contributed by atoms with Gasteiger partial charge in [0, 0.05) is 22.7 Å². The van der Waals surface area contributed by atoms with Gasteiger partial charge in [-0.25, -0.2) is 0 Å². The Morgan fingerprint density at radius 3 is 2.43 bits per heavy atom. The standard InChI is InChI=1S/C21H25NO/c1-21(2,3)22-17-13-11-16(12-14-17)20(23)19-10-6-8-15-7-4-5-9-18(15)19/h4-5,7,9,11-14,19,22H,6,8,10H2,1-3H3. The molecule has 0 heterocycles. The van der Waals surface area contributed by atoms with Crippen LogP contribution >= 0.6 is 0 Å². The molecule has 23 heavy (non-hydrogen) atoms. The number of carbonyl (C=O) groups is 1. The molecule has 120 valence electrons. The highest BCUT2D eigenvalue weighted by molar-refractivity contribution is 6.01.